The number of aromatic nitrogens is 2. The first kappa shape index (κ1) is 17.5. The molecule has 0 N–H and O–H groups in total. The van der Waals surface area contributed by atoms with E-state index in [4.69, 9.17) is 37.7 Å². The van der Waals surface area contributed by atoms with Gasteiger partial charge in [-0.2, -0.15) is 0 Å². The SMILES string of the molecule is COc1ccc(Cc2nc3ccccc3n2C[C@@H]2CC2(Cl)Cl)cc1OC. The van der Waals surface area contributed by atoms with Crippen LogP contribution in [0.2, 0.25) is 0 Å². The van der Waals surface area contributed by atoms with Crippen LogP contribution in [0.25, 0.3) is 11.0 Å². The Balaban J connectivity index is 1.70. The van der Waals surface area contributed by atoms with Gasteiger partial charge in [-0.25, -0.2) is 4.98 Å². The number of fused-ring (bicyclic) bond motifs is 1. The lowest BCUT2D eigenvalue weighted by atomic mass is 10.1. The number of hydrogen-bond acceptors (Lipinski definition) is 3. The number of halogens is 2. The Morgan fingerprint density at radius 1 is 1.12 bits per heavy atom. The Hall–Kier alpha value is -1.91. The van der Waals surface area contributed by atoms with Gasteiger partial charge in [-0.3, -0.25) is 0 Å². The molecule has 0 aliphatic heterocycles. The van der Waals surface area contributed by atoms with Gasteiger partial charge in [0.25, 0.3) is 0 Å². The summed E-state index contributed by atoms with van der Waals surface area (Å²) in [5.41, 5.74) is 3.20. The summed E-state index contributed by atoms with van der Waals surface area (Å²) in [7, 11) is 3.28. The molecule has 1 fully saturated rings. The zero-order chi connectivity index (χ0) is 18.3. The van der Waals surface area contributed by atoms with Gasteiger partial charge in [-0.05, 0) is 36.2 Å². The first-order valence-corrected chi connectivity index (χ1v) is 9.30. The Labute approximate surface area is 162 Å². The summed E-state index contributed by atoms with van der Waals surface area (Å²) < 4.78 is 12.4. The highest BCUT2D eigenvalue weighted by Gasteiger charge is 2.51. The maximum absolute atomic E-state index is 6.26. The minimum absolute atomic E-state index is 0.257. The molecule has 1 aliphatic rings. The van der Waals surface area contributed by atoms with Crippen molar-refractivity contribution in [3.8, 4) is 11.5 Å². The van der Waals surface area contributed by atoms with Crippen LogP contribution in [0.15, 0.2) is 42.5 Å². The van der Waals surface area contributed by atoms with Crippen molar-refractivity contribution >= 4 is 34.2 Å². The highest BCUT2D eigenvalue weighted by molar-refractivity contribution is 6.50. The van der Waals surface area contributed by atoms with E-state index in [9.17, 15) is 0 Å². The lowest BCUT2D eigenvalue weighted by Crippen LogP contribution is -2.09. The summed E-state index contributed by atoms with van der Waals surface area (Å²) in [5, 5.41) is 0. The summed E-state index contributed by atoms with van der Waals surface area (Å²) in [6.45, 7) is 0.774. The summed E-state index contributed by atoms with van der Waals surface area (Å²) in [4.78, 5) is 4.84. The second kappa shape index (κ2) is 6.67. The minimum atomic E-state index is -0.605. The molecule has 1 aliphatic carbocycles. The van der Waals surface area contributed by atoms with E-state index < -0.39 is 4.33 Å². The van der Waals surface area contributed by atoms with Crippen molar-refractivity contribution < 1.29 is 9.47 Å². The number of benzene rings is 2. The van der Waals surface area contributed by atoms with Crippen molar-refractivity contribution in [1.82, 2.24) is 9.55 Å². The second-order valence-corrected chi connectivity index (χ2v) is 8.20. The van der Waals surface area contributed by atoms with Gasteiger partial charge in [0.15, 0.2) is 11.5 Å². The summed E-state index contributed by atoms with van der Waals surface area (Å²) in [6, 6.07) is 14.1. The third-order valence-corrected chi connectivity index (χ3v) is 5.83. The molecule has 1 aromatic heterocycles. The van der Waals surface area contributed by atoms with Crippen molar-refractivity contribution in [1.29, 1.82) is 0 Å². The van der Waals surface area contributed by atoms with E-state index in [1.165, 1.54) is 0 Å². The van der Waals surface area contributed by atoms with E-state index in [-0.39, 0.29) is 5.92 Å². The topological polar surface area (TPSA) is 36.3 Å². The number of ether oxygens (including phenoxy) is 2. The van der Waals surface area contributed by atoms with Crippen LogP contribution in [0.4, 0.5) is 0 Å². The molecule has 6 heteroatoms. The highest BCUT2D eigenvalue weighted by atomic mass is 35.5. The first-order valence-electron chi connectivity index (χ1n) is 8.54. The predicted octanol–water partition coefficient (Wildman–Crippen LogP) is 4.84. The van der Waals surface area contributed by atoms with Gasteiger partial charge in [0.05, 0.1) is 25.3 Å². The molecule has 1 atom stereocenters. The summed E-state index contributed by atoms with van der Waals surface area (Å²) in [6.07, 6.45) is 1.51. The van der Waals surface area contributed by atoms with Crippen molar-refractivity contribution in [3.05, 3.63) is 53.9 Å². The van der Waals surface area contributed by atoms with Gasteiger partial charge in [-0.15, -0.1) is 23.2 Å². The lowest BCUT2D eigenvalue weighted by molar-refractivity contribution is 0.354. The average molecular weight is 391 g/mol. The summed E-state index contributed by atoms with van der Waals surface area (Å²) in [5.74, 6) is 2.69. The highest BCUT2D eigenvalue weighted by Crippen LogP contribution is 2.54. The van der Waals surface area contributed by atoms with Crippen LogP contribution < -0.4 is 9.47 Å². The molecule has 0 spiro atoms. The van der Waals surface area contributed by atoms with E-state index >= 15 is 0 Å². The second-order valence-electron chi connectivity index (χ2n) is 6.66. The van der Waals surface area contributed by atoms with Crippen LogP contribution in [0.3, 0.4) is 0 Å². The van der Waals surface area contributed by atoms with E-state index in [2.05, 4.69) is 10.6 Å². The maximum Gasteiger partial charge on any atom is 0.161 e. The molecule has 4 nitrogen and oxygen atoms in total. The zero-order valence-electron chi connectivity index (χ0n) is 14.7. The minimum Gasteiger partial charge on any atom is -0.493 e. The van der Waals surface area contributed by atoms with Crippen LogP contribution in [-0.4, -0.2) is 28.1 Å². The normalized spacial score (nSPS) is 18.1. The van der Waals surface area contributed by atoms with Crippen LogP contribution in [0, 0.1) is 5.92 Å². The molecule has 0 unspecified atom stereocenters. The molecule has 26 heavy (non-hydrogen) atoms. The standard InChI is InChI=1S/C20H20Cl2N2O2/c1-25-17-8-7-13(9-18(17)26-2)10-19-23-15-5-3-4-6-16(15)24(19)12-14-11-20(14,21)22/h3-9,14H,10-12H2,1-2H3/t14-/m0/s1. The quantitative estimate of drug-likeness (QED) is 0.565. The van der Waals surface area contributed by atoms with Crippen LogP contribution in [0.1, 0.15) is 17.8 Å². The molecule has 1 saturated carbocycles. The Morgan fingerprint density at radius 3 is 2.54 bits per heavy atom. The molecule has 1 heterocycles. The number of methoxy groups -OCH3 is 2. The van der Waals surface area contributed by atoms with Crippen LogP contribution in [-0.2, 0) is 13.0 Å². The Kier molecular flexibility index (Phi) is 4.49. The molecule has 0 bridgehead atoms. The smallest absolute Gasteiger partial charge is 0.161 e. The van der Waals surface area contributed by atoms with E-state index in [0.717, 1.165) is 46.9 Å². The third kappa shape index (κ3) is 3.24. The van der Waals surface area contributed by atoms with Gasteiger partial charge in [0.1, 0.15) is 10.2 Å². The molecule has 0 radical (unpaired) electrons. The van der Waals surface area contributed by atoms with Crippen LogP contribution in [0.5, 0.6) is 11.5 Å². The zero-order valence-corrected chi connectivity index (χ0v) is 16.2. The number of para-hydroxylation sites is 2. The van der Waals surface area contributed by atoms with Gasteiger partial charge >= 0.3 is 0 Å². The number of imidazole rings is 1. The monoisotopic (exact) mass is 390 g/mol. The fourth-order valence-corrected chi connectivity index (χ4v) is 3.84. The largest absolute Gasteiger partial charge is 0.493 e. The van der Waals surface area contributed by atoms with Gasteiger partial charge < -0.3 is 14.0 Å². The average Bonchev–Trinajstić information content (AvgIpc) is 3.10. The number of hydrogen-bond donors (Lipinski definition) is 0. The lowest BCUT2D eigenvalue weighted by Gasteiger charge is -2.12. The molecule has 136 valence electrons. The fourth-order valence-electron chi connectivity index (χ4n) is 3.33. The Bertz CT molecular complexity index is 952. The molecule has 0 saturated heterocycles. The number of alkyl halides is 2. The van der Waals surface area contributed by atoms with Crippen molar-refractivity contribution in [2.75, 3.05) is 14.2 Å². The van der Waals surface area contributed by atoms with Crippen molar-refractivity contribution in [3.63, 3.8) is 0 Å². The van der Waals surface area contributed by atoms with Crippen molar-refractivity contribution in [2.24, 2.45) is 5.92 Å². The van der Waals surface area contributed by atoms with Gasteiger partial charge in [0.2, 0.25) is 0 Å². The van der Waals surface area contributed by atoms with E-state index in [0.29, 0.717) is 6.42 Å². The van der Waals surface area contributed by atoms with Crippen LogP contribution >= 0.6 is 23.2 Å². The number of rotatable bonds is 6. The maximum atomic E-state index is 6.26. The molecular weight excluding hydrogens is 371 g/mol. The Morgan fingerprint density at radius 2 is 1.85 bits per heavy atom. The van der Waals surface area contributed by atoms with Crippen molar-refractivity contribution in [2.45, 2.75) is 23.7 Å². The predicted molar refractivity (Wildman–Crippen MR) is 105 cm³/mol. The van der Waals surface area contributed by atoms with E-state index in [1.54, 1.807) is 14.2 Å². The van der Waals surface area contributed by atoms with E-state index in [1.807, 2.05) is 36.4 Å². The number of nitrogens with zero attached hydrogens (tertiary/aromatic N) is 2. The molecule has 0 amide bonds. The molecule has 3 aromatic rings. The molecular formula is C20H20Cl2N2O2. The fraction of sp³-hybridized carbons (Fsp3) is 0.350. The van der Waals surface area contributed by atoms with Gasteiger partial charge in [-0.1, -0.05) is 18.2 Å². The third-order valence-electron chi connectivity index (χ3n) is 4.90. The van der Waals surface area contributed by atoms with Gasteiger partial charge in [0, 0.05) is 18.9 Å². The molecule has 4 rings (SSSR count). The molecule has 2 aromatic carbocycles. The summed E-state index contributed by atoms with van der Waals surface area (Å²) >= 11 is 12.5. The first-order chi connectivity index (χ1) is 12.5.